The number of hydrogen-bond acceptors (Lipinski definition) is 4. The van der Waals surface area contributed by atoms with E-state index >= 15 is 0 Å². The summed E-state index contributed by atoms with van der Waals surface area (Å²) >= 11 is 0. The third kappa shape index (κ3) is 4.68. The Hall–Kier alpha value is -1.66. The maximum absolute atomic E-state index is 12.1. The maximum atomic E-state index is 12.1. The highest BCUT2D eigenvalue weighted by Gasteiger charge is 2.27. The maximum Gasteiger partial charge on any atom is 0.319 e. The predicted molar refractivity (Wildman–Crippen MR) is 96.2 cm³/mol. The molecule has 2 fully saturated rings. The molecule has 6 nitrogen and oxygen atoms in total. The fourth-order valence-electron chi connectivity index (χ4n) is 3.74. The molecule has 0 unspecified atom stereocenters. The smallest absolute Gasteiger partial charge is 0.319 e. The highest BCUT2D eigenvalue weighted by molar-refractivity contribution is 5.89. The highest BCUT2D eigenvalue weighted by Crippen LogP contribution is 2.20. The van der Waals surface area contributed by atoms with Crippen molar-refractivity contribution in [2.75, 3.05) is 38.5 Å². The van der Waals surface area contributed by atoms with E-state index in [9.17, 15) is 4.79 Å². The van der Waals surface area contributed by atoms with Gasteiger partial charge in [0.25, 0.3) is 0 Å². The minimum atomic E-state index is -0.125. The third-order valence-electron chi connectivity index (χ3n) is 5.20. The molecule has 2 aliphatic rings. The van der Waals surface area contributed by atoms with Gasteiger partial charge in [0.2, 0.25) is 0 Å². The van der Waals surface area contributed by atoms with Gasteiger partial charge in [-0.1, -0.05) is 0 Å². The molecule has 132 valence electrons. The number of hydrogen-bond donors (Lipinski definition) is 2. The topological polar surface area (TPSA) is 60.5 Å². The number of pyridine rings is 1. The molecule has 0 aliphatic carbocycles. The Bertz CT molecular complexity index is 548. The van der Waals surface area contributed by atoms with Crippen LogP contribution < -0.4 is 10.6 Å². The quantitative estimate of drug-likeness (QED) is 0.890. The van der Waals surface area contributed by atoms with Gasteiger partial charge in [0.1, 0.15) is 0 Å². The number of likely N-dealkylation sites (tertiary alicyclic amines) is 2. The van der Waals surface area contributed by atoms with Crippen LogP contribution in [0.15, 0.2) is 18.5 Å². The Labute approximate surface area is 144 Å². The van der Waals surface area contributed by atoms with Gasteiger partial charge in [-0.05, 0) is 64.4 Å². The number of carbonyl (C=O) groups is 1. The van der Waals surface area contributed by atoms with Crippen molar-refractivity contribution in [3.8, 4) is 0 Å². The first kappa shape index (κ1) is 17.2. The van der Waals surface area contributed by atoms with Gasteiger partial charge in [-0.3, -0.25) is 4.98 Å². The molecule has 3 rings (SSSR count). The summed E-state index contributed by atoms with van der Waals surface area (Å²) in [6.45, 7) is 6.55. The van der Waals surface area contributed by atoms with Crippen molar-refractivity contribution in [1.29, 1.82) is 0 Å². The fraction of sp³-hybridized carbons (Fsp3) is 0.667. The Morgan fingerprint density at radius 1 is 1.12 bits per heavy atom. The minimum absolute atomic E-state index is 0.125. The zero-order valence-electron chi connectivity index (χ0n) is 14.8. The van der Waals surface area contributed by atoms with E-state index in [0.717, 1.165) is 43.2 Å². The van der Waals surface area contributed by atoms with Gasteiger partial charge >= 0.3 is 6.03 Å². The van der Waals surface area contributed by atoms with Gasteiger partial charge in [0.15, 0.2) is 0 Å². The molecule has 0 atom stereocenters. The zero-order valence-corrected chi connectivity index (χ0v) is 14.8. The van der Waals surface area contributed by atoms with Crippen LogP contribution in [0.25, 0.3) is 0 Å². The summed E-state index contributed by atoms with van der Waals surface area (Å²) in [7, 11) is 2.20. The number of nitrogens with zero attached hydrogens (tertiary/aromatic N) is 3. The van der Waals surface area contributed by atoms with E-state index < -0.39 is 0 Å². The number of piperidine rings is 2. The lowest BCUT2D eigenvalue weighted by Gasteiger charge is -2.41. The summed E-state index contributed by atoms with van der Waals surface area (Å²) in [6.07, 6.45) is 8.07. The van der Waals surface area contributed by atoms with Crippen LogP contribution in [0.3, 0.4) is 0 Å². The van der Waals surface area contributed by atoms with Gasteiger partial charge in [0, 0.05) is 31.4 Å². The fourth-order valence-corrected chi connectivity index (χ4v) is 3.74. The van der Waals surface area contributed by atoms with Crippen LogP contribution in [0.1, 0.15) is 31.2 Å². The summed E-state index contributed by atoms with van der Waals surface area (Å²) in [5.74, 6) is 0. The number of urea groups is 1. The van der Waals surface area contributed by atoms with E-state index in [1.165, 1.54) is 25.9 Å². The molecule has 6 heteroatoms. The number of rotatable bonds is 3. The van der Waals surface area contributed by atoms with Crippen molar-refractivity contribution in [3.63, 3.8) is 0 Å². The molecule has 2 N–H and O–H groups in total. The van der Waals surface area contributed by atoms with Crippen molar-refractivity contribution in [1.82, 2.24) is 20.1 Å². The molecule has 1 aromatic rings. The van der Waals surface area contributed by atoms with Crippen LogP contribution in [0.2, 0.25) is 0 Å². The first-order valence-electron chi connectivity index (χ1n) is 9.02. The van der Waals surface area contributed by atoms with E-state index in [2.05, 4.69) is 32.5 Å². The predicted octanol–water partition coefficient (Wildman–Crippen LogP) is 2.07. The Morgan fingerprint density at radius 3 is 2.50 bits per heavy atom. The highest BCUT2D eigenvalue weighted by atomic mass is 16.2. The Morgan fingerprint density at radius 2 is 1.83 bits per heavy atom. The lowest BCUT2D eigenvalue weighted by molar-refractivity contribution is 0.0938. The molecule has 2 amide bonds. The standard InChI is InChI=1S/C18H29N5O/c1-14-11-16(13-19-12-14)21-18(24)20-15-3-9-23(10-4-15)17-5-7-22(2)8-6-17/h11-13,15,17H,3-10H2,1-2H3,(H2,20,21,24). The average Bonchev–Trinajstić information content (AvgIpc) is 2.56. The summed E-state index contributed by atoms with van der Waals surface area (Å²) in [4.78, 5) is 21.3. The Balaban J connectivity index is 1.41. The van der Waals surface area contributed by atoms with Gasteiger partial charge in [-0.2, -0.15) is 0 Å². The first-order chi connectivity index (χ1) is 11.6. The van der Waals surface area contributed by atoms with E-state index in [-0.39, 0.29) is 12.1 Å². The van der Waals surface area contributed by atoms with Crippen LogP contribution >= 0.6 is 0 Å². The van der Waals surface area contributed by atoms with E-state index in [0.29, 0.717) is 0 Å². The summed E-state index contributed by atoms with van der Waals surface area (Å²) in [5.41, 5.74) is 1.79. The average molecular weight is 331 g/mol. The van der Waals surface area contributed by atoms with Crippen LogP contribution in [0.5, 0.6) is 0 Å². The second-order valence-corrected chi connectivity index (χ2v) is 7.19. The van der Waals surface area contributed by atoms with Crippen LogP contribution in [0, 0.1) is 6.92 Å². The first-order valence-corrected chi connectivity index (χ1v) is 9.02. The van der Waals surface area contributed by atoms with Gasteiger partial charge < -0.3 is 20.4 Å². The number of carbonyl (C=O) groups excluding carboxylic acids is 1. The molecule has 0 aromatic carbocycles. The Kier molecular flexibility index (Phi) is 5.68. The van der Waals surface area contributed by atoms with Crippen molar-refractivity contribution in [2.24, 2.45) is 0 Å². The second-order valence-electron chi connectivity index (χ2n) is 7.19. The summed E-state index contributed by atoms with van der Waals surface area (Å²) in [5, 5.41) is 5.98. The molecular weight excluding hydrogens is 302 g/mol. The van der Waals surface area contributed by atoms with Crippen molar-refractivity contribution in [3.05, 3.63) is 24.0 Å². The molecule has 2 aliphatic heterocycles. The molecule has 24 heavy (non-hydrogen) atoms. The second kappa shape index (κ2) is 7.94. The molecule has 0 spiro atoms. The minimum Gasteiger partial charge on any atom is -0.335 e. The normalized spacial score (nSPS) is 21.6. The lowest BCUT2D eigenvalue weighted by atomic mass is 9.98. The van der Waals surface area contributed by atoms with Crippen molar-refractivity contribution < 1.29 is 4.79 Å². The van der Waals surface area contributed by atoms with Crippen molar-refractivity contribution >= 4 is 11.7 Å². The van der Waals surface area contributed by atoms with E-state index in [1.807, 2.05) is 13.0 Å². The molecule has 0 radical (unpaired) electrons. The van der Waals surface area contributed by atoms with Gasteiger partial charge in [0.05, 0.1) is 11.9 Å². The van der Waals surface area contributed by atoms with E-state index in [1.54, 1.807) is 12.4 Å². The SMILES string of the molecule is Cc1cncc(NC(=O)NC2CCN(C3CCN(C)CC3)CC2)c1. The number of amides is 2. The number of aromatic nitrogens is 1. The number of aryl methyl sites for hydroxylation is 1. The van der Waals surface area contributed by atoms with Crippen LogP contribution in [-0.2, 0) is 0 Å². The molecule has 0 saturated carbocycles. The zero-order chi connectivity index (χ0) is 16.9. The molecule has 0 bridgehead atoms. The van der Waals surface area contributed by atoms with Gasteiger partial charge in [-0.25, -0.2) is 4.79 Å². The molecule has 1 aromatic heterocycles. The van der Waals surface area contributed by atoms with E-state index in [4.69, 9.17) is 0 Å². The largest absolute Gasteiger partial charge is 0.335 e. The van der Waals surface area contributed by atoms with Crippen molar-refractivity contribution in [2.45, 2.75) is 44.7 Å². The summed E-state index contributed by atoms with van der Waals surface area (Å²) in [6, 6.07) is 2.80. The third-order valence-corrected chi connectivity index (χ3v) is 5.20. The van der Waals surface area contributed by atoms with Gasteiger partial charge in [-0.15, -0.1) is 0 Å². The number of nitrogens with one attached hydrogen (secondary N) is 2. The lowest BCUT2D eigenvalue weighted by Crippen LogP contribution is -2.51. The summed E-state index contributed by atoms with van der Waals surface area (Å²) < 4.78 is 0. The molecule has 2 saturated heterocycles. The van der Waals surface area contributed by atoms with Crippen LogP contribution in [-0.4, -0.2) is 66.1 Å². The monoisotopic (exact) mass is 331 g/mol. The molecular formula is C18H29N5O. The number of anilines is 1. The van der Waals surface area contributed by atoms with Crippen LogP contribution in [0.4, 0.5) is 10.5 Å². The molecule has 3 heterocycles.